The van der Waals surface area contributed by atoms with Crippen LogP contribution in [0.2, 0.25) is 0 Å². The fourth-order valence-electron chi connectivity index (χ4n) is 0. The molecular weight excluding hydrogens is 303 g/mol. The van der Waals surface area contributed by atoms with Gasteiger partial charge in [0, 0.05) is 17.1 Å². The van der Waals surface area contributed by atoms with Crippen molar-refractivity contribution in [2.45, 2.75) is 0 Å². The summed E-state index contributed by atoms with van der Waals surface area (Å²) < 4.78 is 0. The molecule has 2 N–H and O–H groups in total. The average Bonchev–Trinajstić information content (AvgIpc) is 1.19. The Balaban J connectivity index is -0.0000000221. The Morgan fingerprint density at radius 1 is 1.17 bits per heavy atom. The fourth-order valence-corrected chi connectivity index (χ4v) is 0. The molecule has 0 amide bonds. The van der Waals surface area contributed by atoms with Crippen LogP contribution < -0.4 is 19.8 Å². The van der Waals surface area contributed by atoms with Gasteiger partial charge in [-0.3, -0.25) is 0 Å². The topological polar surface area (TPSA) is 150 Å². The Hall–Kier alpha value is 1.63. The molecule has 69 valence electrons. The summed E-state index contributed by atoms with van der Waals surface area (Å²) in [5.74, 6) is 0. The van der Waals surface area contributed by atoms with Crippen molar-refractivity contribution in [2.75, 3.05) is 0 Å². The number of carbonyl (C=O) groups is 1. The summed E-state index contributed by atoms with van der Waals surface area (Å²) in [6.07, 6.45) is -2.33. The van der Waals surface area contributed by atoms with Gasteiger partial charge >= 0.3 is 54.8 Å². The summed E-state index contributed by atoms with van der Waals surface area (Å²) in [4.78, 5) is 40.1. The first kappa shape index (κ1) is 29.2. The summed E-state index contributed by atoms with van der Waals surface area (Å²) in [7, 11) is -5.11. The molecule has 0 aromatic rings. The summed E-state index contributed by atoms with van der Waals surface area (Å²) >= 11 is 0. The fraction of sp³-hybridized carbons (Fsp3) is 0. The summed E-state index contributed by atoms with van der Waals surface area (Å²) in [6.45, 7) is 0. The van der Waals surface area contributed by atoms with Crippen molar-refractivity contribution in [1.82, 2.24) is 0 Å². The first-order valence-electron chi connectivity index (χ1n) is 1.47. The van der Waals surface area contributed by atoms with E-state index >= 15 is 0 Å². The molecular formula is CH2CaFeMnO7Si. The number of hydrogen-bond acceptors (Lipinski definition) is 7. The molecule has 0 aliphatic heterocycles. The van der Waals surface area contributed by atoms with Crippen LogP contribution >= 0.6 is 0 Å². The molecule has 0 rings (SSSR count). The minimum absolute atomic E-state index is 0. The number of carboxylic acid groups (broad SMARTS) is 2. The van der Waals surface area contributed by atoms with E-state index in [2.05, 4.69) is 0 Å². The first-order chi connectivity index (χ1) is 3.73. The molecule has 0 fully saturated rings. The van der Waals surface area contributed by atoms with Crippen LogP contribution in [-0.4, -0.2) is 62.5 Å². The quantitative estimate of drug-likeness (QED) is 0.422. The maximum absolute atomic E-state index is 8.80. The van der Waals surface area contributed by atoms with Gasteiger partial charge in [-0.15, -0.1) is 0 Å². The first-order valence-corrected chi connectivity index (χ1v) is 3.18. The van der Waals surface area contributed by atoms with E-state index in [1.54, 1.807) is 0 Å². The molecule has 11 heteroatoms. The van der Waals surface area contributed by atoms with Gasteiger partial charge in [-0.25, -0.2) is 0 Å². The van der Waals surface area contributed by atoms with E-state index in [1.807, 2.05) is 0 Å². The van der Waals surface area contributed by atoms with Crippen molar-refractivity contribution in [2.24, 2.45) is 0 Å². The van der Waals surface area contributed by atoms with Crippen LogP contribution in [0.1, 0.15) is 0 Å². The van der Waals surface area contributed by atoms with E-state index in [-0.39, 0.29) is 71.9 Å². The molecule has 0 unspecified atom stereocenters. The largest absolute Gasteiger partial charge is 2.00 e. The zero-order chi connectivity index (χ0) is 8.08. The molecule has 0 aromatic carbocycles. The molecule has 0 saturated carbocycles. The average molecular weight is 305 g/mol. The maximum Gasteiger partial charge on any atom is 2.00 e. The summed E-state index contributed by atoms with van der Waals surface area (Å²) in [6, 6.07) is 0. The van der Waals surface area contributed by atoms with Crippen LogP contribution in [0, 0.1) is 0 Å². The SMILES string of the molecule is O=C([O-])[O-].[Ca+2].[Fe+2].[Mn].[O-][Si]([O-])(O)O. The van der Waals surface area contributed by atoms with Crippen LogP contribution in [0.5, 0.6) is 0 Å². The molecule has 0 aliphatic rings. The van der Waals surface area contributed by atoms with E-state index in [0.29, 0.717) is 0 Å². The molecule has 0 saturated heterocycles. The van der Waals surface area contributed by atoms with Crippen molar-refractivity contribution in [3.8, 4) is 0 Å². The van der Waals surface area contributed by atoms with E-state index in [4.69, 9.17) is 34.2 Å². The minimum atomic E-state index is -5.11. The predicted octanol–water partition coefficient (Wildman–Crippen LogP) is -6.71. The van der Waals surface area contributed by atoms with Crippen LogP contribution in [0.15, 0.2) is 0 Å². The van der Waals surface area contributed by atoms with Gasteiger partial charge in [-0.2, -0.15) is 0 Å². The predicted molar refractivity (Wildman–Crippen MR) is 21.3 cm³/mol. The molecule has 1 radical (unpaired) electrons. The number of hydrogen-bond donors (Lipinski definition) is 2. The second kappa shape index (κ2) is 15.1. The van der Waals surface area contributed by atoms with E-state index in [1.165, 1.54) is 0 Å². The van der Waals surface area contributed by atoms with Gasteiger partial charge in [0.1, 0.15) is 9.05 Å². The molecule has 0 bridgehead atoms. The van der Waals surface area contributed by atoms with Crippen LogP contribution in [0.25, 0.3) is 0 Å². The van der Waals surface area contributed by atoms with Crippen LogP contribution in [-0.2, 0) is 34.1 Å². The smallest absolute Gasteiger partial charge is 0.828 e. The van der Waals surface area contributed by atoms with Crippen molar-refractivity contribution in [3.63, 3.8) is 0 Å². The molecule has 0 spiro atoms. The summed E-state index contributed by atoms with van der Waals surface area (Å²) in [5, 5.41) is 16.7. The Morgan fingerprint density at radius 3 is 1.17 bits per heavy atom. The zero-order valence-electron chi connectivity index (χ0n) is 5.37. The standard InChI is InChI=1S/CH2O3.Ca.Fe.Mn.H2O4Si/c2-1(3)4;;;;1-5(2,3)4/h(H2,2,3,4);;;;1-2H/q;2*+2;;-2/p-2. The van der Waals surface area contributed by atoms with E-state index in [9.17, 15) is 0 Å². The normalized spacial score (nSPS) is 7.00. The van der Waals surface area contributed by atoms with Gasteiger partial charge in [0.2, 0.25) is 0 Å². The van der Waals surface area contributed by atoms with E-state index in [0.717, 1.165) is 0 Å². The molecule has 7 nitrogen and oxygen atoms in total. The summed E-state index contributed by atoms with van der Waals surface area (Å²) in [5.41, 5.74) is 0. The van der Waals surface area contributed by atoms with Crippen molar-refractivity contribution >= 4 is 52.9 Å². The van der Waals surface area contributed by atoms with Crippen molar-refractivity contribution in [3.05, 3.63) is 0 Å². The Morgan fingerprint density at radius 2 is 1.17 bits per heavy atom. The molecule has 0 aromatic heterocycles. The Labute approximate surface area is 120 Å². The third-order valence-electron chi connectivity index (χ3n) is 0. The van der Waals surface area contributed by atoms with Gasteiger partial charge < -0.3 is 34.2 Å². The number of rotatable bonds is 0. The van der Waals surface area contributed by atoms with Gasteiger partial charge in [0.25, 0.3) is 0 Å². The molecule has 0 heterocycles. The zero-order valence-corrected chi connectivity index (χ0v) is 10.9. The van der Waals surface area contributed by atoms with Gasteiger partial charge in [-0.1, -0.05) is 0 Å². The van der Waals surface area contributed by atoms with Gasteiger partial charge in [0.15, 0.2) is 0 Å². The third-order valence-corrected chi connectivity index (χ3v) is 0. The van der Waals surface area contributed by atoms with Crippen molar-refractivity contribution < 1.29 is 68.3 Å². The van der Waals surface area contributed by atoms with Crippen LogP contribution in [0.4, 0.5) is 4.79 Å². The monoisotopic (exact) mass is 305 g/mol. The Kier molecular flexibility index (Phi) is 36.8. The molecule has 0 atom stereocenters. The van der Waals surface area contributed by atoms with Crippen molar-refractivity contribution in [1.29, 1.82) is 0 Å². The minimum Gasteiger partial charge on any atom is -0.828 e. The Bertz CT molecular complexity index is 85.9. The van der Waals surface area contributed by atoms with Crippen LogP contribution in [0.3, 0.4) is 0 Å². The molecule has 12 heavy (non-hydrogen) atoms. The second-order valence-electron chi connectivity index (χ2n) is 0.798. The van der Waals surface area contributed by atoms with Gasteiger partial charge in [-0.05, 0) is 6.16 Å². The maximum atomic E-state index is 8.80. The van der Waals surface area contributed by atoms with E-state index < -0.39 is 15.2 Å². The number of carbonyl (C=O) groups excluding carboxylic acids is 1. The second-order valence-corrected chi connectivity index (χ2v) is 1.90. The molecule has 0 aliphatic carbocycles. The third kappa shape index (κ3) is 497. The van der Waals surface area contributed by atoms with Gasteiger partial charge in [0.05, 0.1) is 0 Å².